The molecule has 0 saturated carbocycles. The lowest BCUT2D eigenvalue weighted by Gasteiger charge is -2.16. The second-order valence-corrected chi connectivity index (χ2v) is 5.54. The molecule has 1 fully saturated rings. The largest absolute Gasteiger partial charge is 0.507 e. The number of aryl methyl sites for hydroxylation is 1. The van der Waals surface area contributed by atoms with Gasteiger partial charge in [0.1, 0.15) is 11.3 Å². The summed E-state index contributed by atoms with van der Waals surface area (Å²) in [7, 11) is 1.43. The molecule has 0 unspecified atom stereocenters. The molecule has 124 valence electrons. The van der Waals surface area contributed by atoms with Gasteiger partial charge in [0.15, 0.2) is 5.75 Å². The van der Waals surface area contributed by atoms with Crippen LogP contribution in [0.3, 0.4) is 0 Å². The minimum atomic E-state index is -0.366. The zero-order valence-corrected chi connectivity index (χ0v) is 14.3. The minimum absolute atomic E-state index is 0. The number of nitrogens with one attached hydrogen (secondary N) is 2. The van der Waals surface area contributed by atoms with Gasteiger partial charge < -0.3 is 20.5 Å². The quantitative estimate of drug-likeness (QED) is 0.764. The Bertz CT molecular complexity index is 532. The standard InChI is InChI=1S/C15H21ClN2O3.ClH/c1-3-9-7-11(16)14(21-2)12(13(9)19)15(20)18-8-10-5-4-6-17-10;/h7,10,17,19H,3-6,8H2,1-2H3,(H,18,20);1H/t10-;/m0./s1. The van der Waals surface area contributed by atoms with Crippen molar-refractivity contribution in [1.29, 1.82) is 0 Å². The Labute approximate surface area is 141 Å². The van der Waals surface area contributed by atoms with E-state index in [1.54, 1.807) is 6.07 Å². The van der Waals surface area contributed by atoms with Gasteiger partial charge in [-0.25, -0.2) is 0 Å². The number of benzene rings is 1. The van der Waals surface area contributed by atoms with Gasteiger partial charge in [-0.2, -0.15) is 0 Å². The molecule has 0 bridgehead atoms. The first-order chi connectivity index (χ1) is 10.1. The van der Waals surface area contributed by atoms with Crippen molar-refractivity contribution in [3.63, 3.8) is 0 Å². The summed E-state index contributed by atoms with van der Waals surface area (Å²) in [6.45, 7) is 3.39. The van der Waals surface area contributed by atoms with Crippen molar-refractivity contribution in [2.45, 2.75) is 32.2 Å². The van der Waals surface area contributed by atoms with Crippen LogP contribution in [0.2, 0.25) is 5.02 Å². The molecule has 5 nitrogen and oxygen atoms in total. The van der Waals surface area contributed by atoms with Crippen molar-refractivity contribution in [1.82, 2.24) is 10.6 Å². The van der Waals surface area contributed by atoms with E-state index in [4.69, 9.17) is 16.3 Å². The average Bonchev–Trinajstić information content (AvgIpc) is 2.99. The number of amides is 1. The molecule has 1 aliphatic rings. The molecule has 2 rings (SSSR count). The van der Waals surface area contributed by atoms with Crippen LogP contribution in [0, 0.1) is 0 Å². The third-order valence-electron chi connectivity index (χ3n) is 3.77. The fourth-order valence-corrected chi connectivity index (χ4v) is 2.89. The van der Waals surface area contributed by atoms with Crippen LogP contribution in [-0.2, 0) is 6.42 Å². The molecule has 1 amide bonds. The lowest BCUT2D eigenvalue weighted by molar-refractivity contribution is 0.0944. The first-order valence-corrected chi connectivity index (χ1v) is 7.56. The molecule has 22 heavy (non-hydrogen) atoms. The van der Waals surface area contributed by atoms with Crippen LogP contribution >= 0.6 is 24.0 Å². The highest BCUT2D eigenvalue weighted by Gasteiger charge is 2.24. The Morgan fingerprint density at radius 3 is 2.86 bits per heavy atom. The van der Waals surface area contributed by atoms with E-state index in [9.17, 15) is 9.90 Å². The van der Waals surface area contributed by atoms with Gasteiger partial charge in [-0.1, -0.05) is 18.5 Å². The number of phenolic OH excluding ortho intramolecular Hbond substituents is 1. The first kappa shape index (κ1) is 18.9. The van der Waals surface area contributed by atoms with E-state index in [0.29, 0.717) is 23.6 Å². The molecule has 1 saturated heterocycles. The summed E-state index contributed by atoms with van der Waals surface area (Å²) in [5.41, 5.74) is 0.741. The van der Waals surface area contributed by atoms with Crippen molar-refractivity contribution in [2.24, 2.45) is 0 Å². The Morgan fingerprint density at radius 2 is 2.32 bits per heavy atom. The minimum Gasteiger partial charge on any atom is -0.507 e. The van der Waals surface area contributed by atoms with E-state index in [0.717, 1.165) is 19.4 Å². The lowest BCUT2D eigenvalue weighted by Crippen LogP contribution is -2.37. The normalized spacial score (nSPS) is 17.0. The number of hydrogen-bond acceptors (Lipinski definition) is 4. The Balaban J connectivity index is 0.00000242. The number of carbonyl (C=O) groups is 1. The molecular weight excluding hydrogens is 327 g/mol. The molecule has 1 aromatic rings. The van der Waals surface area contributed by atoms with Crippen LogP contribution in [0.1, 0.15) is 35.7 Å². The van der Waals surface area contributed by atoms with Crippen molar-refractivity contribution in [3.05, 3.63) is 22.2 Å². The Hall–Kier alpha value is -1.17. The van der Waals surface area contributed by atoms with Crippen molar-refractivity contribution in [3.8, 4) is 11.5 Å². The maximum Gasteiger partial charge on any atom is 0.258 e. The highest BCUT2D eigenvalue weighted by atomic mass is 35.5. The van der Waals surface area contributed by atoms with Gasteiger partial charge >= 0.3 is 0 Å². The second kappa shape index (κ2) is 8.46. The van der Waals surface area contributed by atoms with Gasteiger partial charge in [-0.05, 0) is 37.4 Å². The van der Waals surface area contributed by atoms with Gasteiger partial charge in [0, 0.05) is 12.6 Å². The second-order valence-electron chi connectivity index (χ2n) is 5.13. The maximum absolute atomic E-state index is 12.4. The van der Waals surface area contributed by atoms with Crippen LogP contribution < -0.4 is 15.4 Å². The number of methoxy groups -OCH3 is 1. The molecule has 0 radical (unpaired) electrons. The Morgan fingerprint density at radius 1 is 1.59 bits per heavy atom. The summed E-state index contributed by atoms with van der Waals surface area (Å²) in [5.74, 6) is -0.214. The van der Waals surface area contributed by atoms with E-state index in [2.05, 4.69) is 10.6 Å². The molecule has 0 spiro atoms. The highest BCUT2D eigenvalue weighted by Crippen LogP contribution is 2.38. The monoisotopic (exact) mass is 348 g/mol. The molecule has 3 N–H and O–H groups in total. The molecule has 1 aromatic carbocycles. The first-order valence-electron chi connectivity index (χ1n) is 7.18. The molecule has 1 atom stereocenters. The van der Waals surface area contributed by atoms with Crippen LogP contribution in [0.5, 0.6) is 11.5 Å². The fraction of sp³-hybridized carbons (Fsp3) is 0.533. The van der Waals surface area contributed by atoms with Crippen LogP contribution in [-0.4, -0.2) is 37.3 Å². The predicted molar refractivity (Wildman–Crippen MR) is 89.7 cm³/mol. The van der Waals surface area contributed by atoms with E-state index in [-0.39, 0.29) is 41.4 Å². The van der Waals surface area contributed by atoms with Crippen molar-refractivity contribution < 1.29 is 14.6 Å². The summed E-state index contributed by atoms with van der Waals surface area (Å²) in [5, 5.41) is 16.7. The number of ether oxygens (including phenoxy) is 1. The zero-order chi connectivity index (χ0) is 15.4. The number of phenols is 1. The van der Waals surface area contributed by atoms with E-state index < -0.39 is 0 Å². The Kier molecular flexibility index (Phi) is 7.26. The molecule has 0 aliphatic carbocycles. The summed E-state index contributed by atoms with van der Waals surface area (Å²) in [4.78, 5) is 12.4. The number of hydrogen-bond donors (Lipinski definition) is 3. The van der Waals surface area contributed by atoms with Crippen molar-refractivity contribution >= 4 is 29.9 Å². The topological polar surface area (TPSA) is 70.6 Å². The van der Waals surface area contributed by atoms with E-state index in [1.165, 1.54) is 7.11 Å². The summed E-state index contributed by atoms with van der Waals surface area (Å²) in [6, 6.07) is 1.91. The van der Waals surface area contributed by atoms with Crippen molar-refractivity contribution in [2.75, 3.05) is 20.2 Å². The lowest BCUT2D eigenvalue weighted by atomic mass is 10.0. The zero-order valence-electron chi connectivity index (χ0n) is 12.7. The predicted octanol–water partition coefficient (Wildman–Crippen LogP) is 2.52. The number of halogens is 2. The highest BCUT2D eigenvalue weighted by molar-refractivity contribution is 6.33. The van der Waals surface area contributed by atoms with Crippen LogP contribution in [0.4, 0.5) is 0 Å². The third-order valence-corrected chi connectivity index (χ3v) is 4.05. The molecule has 1 heterocycles. The third kappa shape index (κ3) is 3.97. The van der Waals surface area contributed by atoms with E-state index in [1.807, 2.05) is 6.92 Å². The summed E-state index contributed by atoms with van der Waals surface area (Å²) in [6.07, 6.45) is 2.74. The van der Waals surface area contributed by atoms with Gasteiger partial charge in [0.25, 0.3) is 5.91 Å². The summed E-state index contributed by atoms with van der Waals surface area (Å²) >= 11 is 6.13. The molecule has 1 aliphatic heterocycles. The number of carbonyl (C=O) groups excluding carboxylic acids is 1. The molecular formula is C15H22Cl2N2O3. The van der Waals surface area contributed by atoms with Gasteiger partial charge in [0.05, 0.1) is 12.1 Å². The van der Waals surface area contributed by atoms with Gasteiger partial charge in [-0.15, -0.1) is 12.4 Å². The number of rotatable bonds is 5. The average molecular weight is 349 g/mol. The van der Waals surface area contributed by atoms with Crippen LogP contribution in [0.15, 0.2) is 6.07 Å². The number of aromatic hydroxyl groups is 1. The molecule has 0 aromatic heterocycles. The van der Waals surface area contributed by atoms with E-state index >= 15 is 0 Å². The SMILES string of the molecule is CCc1cc(Cl)c(OC)c(C(=O)NC[C@@H]2CCCN2)c1O.Cl. The maximum atomic E-state index is 12.4. The smallest absolute Gasteiger partial charge is 0.258 e. The van der Waals surface area contributed by atoms with Crippen LogP contribution in [0.25, 0.3) is 0 Å². The summed E-state index contributed by atoms with van der Waals surface area (Å²) < 4.78 is 5.18. The van der Waals surface area contributed by atoms with Gasteiger partial charge in [-0.3, -0.25) is 4.79 Å². The van der Waals surface area contributed by atoms with Gasteiger partial charge in [0.2, 0.25) is 0 Å². The fourth-order valence-electron chi connectivity index (χ4n) is 2.59. The molecule has 7 heteroatoms.